The minimum absolute atomic E-state index is 0.428. The fourth-order valence-corrected chi connectivity index (χ4v) is 16.0. The van der Waals surface area contributed by atoms with Gasteiger partial charge in [0.05, 0.1) is 23.6 Å². The third-order valence-electron chi connectivity index (χ3n) is 23.2. The van der Waals surface area contributed by atoms with Crippen molar-refractivity contribution in [3.63, 3.8) is 0 Å². The highest BCUT2D eigenvalue weighted by Gasteiger charge is 2.50. The van der Waals surface area contributed by atoms with Gasteiger partial charge in [0.15, 0.2) is 0 Å². The Morgan fingerprint density at radius 3 is 1.23 bits per heavy atom. The lowest BCUT2D eigenvalue weighted by Crippen LogP contribution is -2.36. The van der Waals surface area contributed by atoms with Crippen LogP contribution in [0.5, 0.6) is 0 Å². The maximum absolute atomic E-state index is 4.76. The van der Waals surface area contributed by atoms with Crippen LogP contribution in [0.15, 0.2) is 109 Å². The Morgan fingerprint density at radius 2 is 0.703 bits per heavy atom. The van der Waals surface area contributed by atoms with E-state index in [1.54, 1.807) is 22.3 Å². The molecule has 5 aromatic carbocycles. The molecule has 548 valence electrons. The zero-order chi connectivity index (χ0) is 72.8. The number of benzene rings is 5. The molecule has 10 heteroatoms. The summed E-state index contributed by atoms with van der Waals surface area (Å²) in [6.45, 7) is 53.1. The molecule has 0 bridgehead atoms. The van der Waals surface area contributed by atoms with Crippen LogP contribution in [-0.2, 0) is 89.1 Å². The molecular weight excluding hydrogens is 1230 g/mol. The van der Waals surface area contributed by atoms with E-state index in [-0.39, 0.29) is 0 Å². The fraction of sp³-hybridized carbons (Fsp3) is 0.582. The summed E-state index contributed by atoms with van der Waals surface area (Å²) in [6, 6.07) is 40.3. The lowest BCUT2D eigenvalue weighted by molar-refractivity contribution is 0.227. The highest BCUT2D eigenvalue weighted by atomic mass is 15.3. The molecule has 7 aromatic rings. The van der Waals surface area contributed by atoms with Crippen molar-refractivity contribution < 1.29 is 0 Å². The average Bonchev–Trinajstić information content (AvgIpc) is 1.59. The minimum Gasteiger partial charge on any atom is -0.302 e. The van der Waals surface area contributed by atoms with Crippen molar-refractivity contribution in [1.29, 1.82) is 0 Å². The summed E-state index contributed by atoms with van der Waals surface area (Å²) in [5.74, 6) is 4.36. The highest BCUT2D eigenvalue weighted by molar-refractivity contribution is 5.45. The number of aromatic nitrogens is 3. The molecule has 0 unspecified atom stereocenters. The SMILES string of the molecule is CC(C)c1cc2n(n1)CCN(C)C2.CC(C)c1ccc2c(c1)CCN(C)C2.CC(C)c1ccc2c(c1)CN(C(C)C)C2.CC(C)c1ccc2c(c1)CN(C)C2.CC(C)c1ccc2c(c1)CN(C)CC2.CC(C)c1ccc2c(c1)CN(C)CC21CC1.CC(C)c1cnc2c(c1)CN(C)CC21CC1. The first-order chi connectivity index (χ1) is 47.9. The molecule has 2 spiro atoms. The minimum atomic E-state index is 0.428. The van der Waals surface area contributed by atoms with E-state index < -0.39 is 0 Å². The second kappa shape index (κ2) is 34.0. The molecule has 0 amide bonds. The zero-order valence-corrected chi connectivity index (χ0v) is 67.3. The molecule has 0 radical (unpaired) electrons. The summed E-state index contributed by atoms with van der Waals surface area (Å²) >= 11 is 0. The van der Waals surface area contributed by atoms with Gasteiger partial charge in [0.2, 0.25) is 0 Å². The largest absolute Gasteiger partial charge is 0.302 e. The van der Waals surface area contributed by atoms with E-state index in [9.17, 15) is 0 Å². The van der Waals surface area contributed by atoms with Crippen LogP contribution in [0.2, 0.25) is 0 Å². The number of fused-ring (bicyclic) bond motifs is 9. The predicted molar refractivity (Wildman–Crippen MR) is 428 cm³/mol. The normalized spacial score (nSPS) is 18.8. The van der Waals surface area contributed by atoms with E-state index in [1.807, 2.05) is 0 Å². The third kappa shape index (κ3) is 20.2. The van der Waals surface area contributed by atoms with Gasteiger partial charge in [-0.25, -0.2) is 0 Å². The third-order valence-corrected chi connectivity index (χ3v) is 23.2. The summed E-state index contributed by atoms with van der Waals surface area (Å²) in [5.41, 5.74) is 30.7. The number of pyridine rings is 1. The number of likely N-dealkylation sites (N-methyl/N-ethyl adjacent to an activating group) is 5. The Bertz CT molecular complexity index is 3770. The average molecular weight is 1370 g/mol. The molecule has 2 fully saturated rings. The van der Waals surface area contributed by atoms with Gasteiger partial charge in [0, 0.05) is 115 Å². The highest BCUT2D eigenvalue weighted by Crippen LogP contribution is 2.53. The molecule has 2 aliphatic carbocycles. The van der Waals surface area contributed by atoms with Gasteiger partial charge in [-0.05, 0) is 237 Å². The Hall–Kier alpha value is -5.82. The van der Waals surface area contributed by atoms with Gasteiger partial charge in [-0.1, -0.05) is 194 Å². The molecule has 9 aliphatic rings. The quantitative estimate of drug-likeness (QED) is 0.148. The van der Waals surface area contributed by atoms with Crippen LogP contribution < -0.4 is 0 Å². The molecule has 101 heavy (non-hydrogen) atoms. The predicted octanol–water partition coefficient (Wildman–Crippen LogP) is 19.3. The number of rotatable bonds is 8. The molecule has 0 N–H and O–H groups in total. The van der Waals surface area contributed by atoms with Crippen molar-refractivity contribution in [2.24, 2.45) is 0 Å². The Labute approximate surface area is 614 Å². The first-order valence-corrected chi connectivity index (χ1v) is 39.5. The van der Waals surface area contributed by atoms with Gasteiger partial charge < -0.3 is 19.6 Å². The van der Waals surface area contributed by atoms with E-state index in [2.05, 4.69) is 306 Å². The zero-order valence-electron chi connectivity index (χ0n) is 67.3. The molecule has 2 aromatic heterocycles. The van der Waals surface area contributed by atoms with Gasteiger partial charge in [-0.2, -0.15) is 5.10 Å². The van der Waals surface area contributed by atoms with Crippen molar-refractivity contribution >= 4 is 0 Å². The van der Waals surface area contributed by atoms with Gasteiger partial charge in [-0.15, -0.1) is 0 Å². The molecule has 2 saturated carbocycles. The van der Waals surface area contributed by atoms with Gasteiger partial charge >= 0.3 is 0 Å². The van der Waals surface area contributed by atoms with Crippen LogP contribution in [0.1, 0.15) is 290 Å². The Kier molecular flexibility index (Phi) is 26.2. The molecule has 16 rings (SSSR count). The Balaban J connectivity index is 0.000000127. The topological polar surface area (TPSA) is 53.4 Å². The molecule has 0 saturated heterocycles. The summed E-state index contributed by atoms with van der Waals surface area (Å²) in [5, 5.41) is 4.57. The van der Waals surface area contributed by atoms with E-state index in [0.29, 0.717) is 58.3 Å². The standard InChI is InChI=1S/C15H21N.C14H20N2.C14H21N.2C13H19N.C12H17N.C10H17N3/c1-11(2)12-4-5-14-13(8-12)9-16(3)10-15(14)6-7-15;1-10(2)11-6-12-8-16(3)9-14(4-5-14)13(12)15-7-11;1-10(2)12-5-6-13-8-15(11(3)4)9-14(13)7-12;1-10(2)11-4-5-13-9-14(3)7-6-12(13)8-11;1-10(2)12-5-4-11-6-7-14(3)9-13(11)8-12;1-9(2)10-4-5-11-7-13(3)8-12(11)6-10;1-8(2)10-6-9-7-12(3)4-5-13(9)11-10/h4-5,8,11H,6-7,9-10H2,1-3H3;6-7,10H,4-5,8-9H2,1-3H3;5-7,10-11H,8-9H2,1-4H3;2*4-5,8,10H,6-7,9H2,1-3H3;4-6,9H,7-8H2,1-3H3;6,8H,4-5,7H2,1-3H3. The van der Waals surface area contributed by atoms with E-state index in [1.165, 1.54) is 154 Å². The second-order valence-electron chi connectivity index (χ2n) is 35.0. The molecule has 0 atom stereocenters. The van der Waals surface area contributed by atoms with Crippen molar-refractivity contribution in [2.75, 3.05) is 75.0 Å². The number of hydrogen-bond acceptors (Lipinski definition) is 9. The molecule has 7 aliphatic heterocycles. The summed E-state index contributed by atoms with van der Waals surface area (Å²) in [7, 11) is 13.2. The molecule has 9 heterocycles. The lowest BCUT2D eigenvalue weighted by Gasteiger charge is -2.33. The van der Waals surface area contributed by atoms with Crippen LogP contribution in [0.3, 0.4) is 0 Å². The summed E-state index contributed by atoms with van der Waals surface area (Å²) in [4.78, 5) is 21.7. The van der Waals surface area contributed by atoms with Crippen LogP contribution in [0.25, 0.3) is 0 Å². The van der Waals surface area contributed by atoms with Crippen LogP contribution >= 0.6 is 0 Å². The van der Waals surface area contributed by atoms with Crippen molar-refractivity contribution in [3.05, 3.63) is 221 Å². The van der Waals surface area contributed by atoms with Crippen molar-refractivity contribution in [3.8, 4) is 0 Å². The second-order valence-corrected chi connectivity index (χ2v) is 35.0. The van der Waals surface area contributed by atoms with Gasteiger partial charge in [0.1, 0.15) is 0 Å². The smallest absolute Gasteiger partial charge is 0.0653 e. The molecular formula is C91H134N10. The van der Waals surface area contributed by atoms with E-state index in [4.69, 9.17) is 4.98 Å². The number of hydrogen-bond donors (Lipinski definition) is 0. The number of nitrogens with zero attached hydrogens (tertiary/aromatic N) is 10. The van der Waals surface area contributed by atoms with Gasteiger partial charge in [-0.3, -0.25) is 24.4 Å². The van der Waals surface area contributed by atoms with Gasteiger partial charge in [0.25, 0.3) is 0 Å². The van der Waals surface area contributed by atoms with E-state index >= 15 is 0 Å². The summed E-state index contributed by atoms with van der Waals surface area (Å²) in [6.07, 6.45) is 9.97. The monoisotopic (exact) mass is 1370 g/mol. The maximum Gasteiger partial charge on any atom is 0.0653 e. The van der Waals surface area contributed by atoms with Crippen molar-refractivity contribution in [1.82, 2.24) is 49.1 Å². The van der Waals surface area contributed by atoms with Crippen molar-refractivity contribution in [2.45, 2.75) is 273 Å². The Morgan fingerprint density at radius 1 is 0.317 bits per heavy atom. The van der Waals surface area contributed by atoms with E-state index in [0.717, 1.165) is 72.0 Å². The van der Waals surface area contributed by atoms with Crippen LogP contribution in [0, 0.1) is 0 Å². The fourth-order valence-electron chi connectivity index (χ4n) is 16.0. The van der Waals surface area contributed by atoms with Crippen LogP contribution in [0.4, 0.5) is 0 Å². The molecule has 10 nitrogen and oxygen atoms in total. The first kappa shape index (κ1) is 77.8. The first-order valence-electron chi connectivity index (χ1n) is 39.5. The summed E-state index contributed by atoms with van der Waals surface area (Å²) < 4.78 is 2.15. The van der Waals surface area contributed by atoms with Crippen LogP contribution in [-0.4, -0.2) is 130 Å². The lowest BCUT2D eigenvalue weighted by atomic mass is 9.85. The maximum atomic E-state index is 4.76.